The number of aliphatic hydroxyl groups is 1. The van der Waals surface area contributed by atoms with Crippen LogP contribution in [0, 0.1) is 5.92 Å². The highest BCUT2D eigenvalue weighted by molar-refractivity contribution is 8.76. The topological polar surface area (TPSA) is 450 Å². The SMILES string of the molecule is CCSSC[C@H](NC(=O)OC(C)(C)C)C(=O)NCCOCCOCC(=O)N[C@@H](Cc1ccc(OC(C)(C)C)cc1)C(=O)N[C@@H](COC(C)(C)C)C(=O)N[C@H](C(=O)N[C@@H](CO)C(=O)N[C@@H](CC(=O)OC(C)(C)C)C(=O)N[C@@H](Cc1ccccc1)C(=O)N[C@H](C(=O)N[C@@H](CCSO)C(=O)O)C(C)CC)C(C)OC(C)(C)C. The lowest BCUT2D eigenvalue weighted by Gasteiger charge is -2.33. The number of rotatable bonds is 47. The molecule has 2 aromatic carbocycles. The predicted octanol–water partition coefficient (Wildman–Crippen LogP) is 4.44. The first-order valence-corrected chi connectivity index (χ1v) is 39.6. The maximum atomic E-state index is 14.9. The molecule has 2 unspecified atom stereocenters. The van der Waals surface area contributed by atoms with Crippen molar-refractivity contribution in [2.75, 3.05) is 63.4 Å². The smallest absolute Gasteiger partial charge is 0.408 e. The van der Waals surface area contributed by atoms with Crippen molar-refractivity contribution in [2.24, 2.45) is 5.92 Å². The van der Waals surface area contributed by atoms with E-state index >= 15 is 0 Å². The van der Waals surface area contributed by atoms with E-state index in [0.717, 1.165) is 5.75 Å². The summed E-state index contributed by atoms with van der Waals surface area (Å²) in [5.74, 6) is -9.86. The third-order valence-electron chi connectivity index (χ3n) is 15.0. The van der Waals surface area contributed by atoms with E-state index in [2.05, 4.69) is 53.2 Å². The summed E-state index contributed by atoms with van der Waals surface area (Å²) in [6.07, 6.45) is -3.08. The molecule has 0 radical (unpaired) electrons. The number of nitrogens with one attached hydrogen (secondary N) is 10. The molecule has 35 heteroatoms. The van der Waals surface area contributed by atoms with Crippen LogP contribution < -0.4 is 57.9 Å². The van der Waals surface area contributed by atoms with Crippen LogP contribution in [0.1, 0.15) is 162 Å². The Labute approximate surface area is 653 Å². The van der Waals surface area contributed by atoms with Crippen molar-refractivity contribution in [3.05, 3.63) is 65.7 Å². The number of benzene rings is 2. The highest BCUT2D eigenvalue weighted by atomic mass is 33.1. The van der Waals surface area contributed by atoms with E-state index in [1.807, 2.05) is 27.7 Å². The Morgan fingerprint density at radius 3 is 1.56 bits per heavy atom. The molecule has 0 saturated carbocycles. The summed E-state index contributed by atoms with van der Waals surface area (Å²) in [7, 11) is 2.95. The summed E-state index contributed by atoms with van der Waals surface area (Å²) >= 11 is 0.380. The molecule has 0 aliphatic heterocycles. The van der Waals surface area contributed by atoms with Gasteiger partial charge in [0.05, 0.1) is 56.8 Å². The predicted molar refractivity (Wildman–Crippen MR) is 415 cm³/mol. The zero-order valence-electron chi connectivity index (χ0n) is 66.5. The Kier molecular flexibility index (Phi) is 42.6. The Morgan fingerprint density at radius 1 is 0.495 bits per heavy atom. The van der Waals surface area contributed by atoms with Crippen LogP contribution in [0.15, 0.2) is 54.6 Å². The number of carbonyl (C=O) groups excluding carboxylic acids is 11. The second kappa shape index (κ2) is 47.6. The summed E-state index contributed by atoms with van der Waals surface area (Å²) in [5, 5.41) is 46.5. The maximum Gasteiger partial charge on any atom is 0.408 e. The van der Waals surface area contributed by atoms with Gasteiger partial charge < -0.3 is 101 Å². The van der Waals surface area contributed by atoms with E-state index in [9.17, 15) is 72.3 Å². The van der Waals surface area contributed by atoms with Gasteiger partial charge in [0.15, 0.2) is 0 Å². The van der Waals surface area contributed by atoms with Gasteiger partial charge in [-0.15, -0.1) is 0 Å². The van der Waals surface area contributed by atoms with Gasteiger partial charge in [-0.3, -0.25) is 47.9 Å². The third kappa shape index (κ3) is 41.9. The molecule has 11 atom stereocenters. The Hall–Kier alpha value is -7.51. The summed E-state index contributed by atoms with van der Waals surface area (Å²) in [6, 6.07) is 1.23. The van der Waals surface area contributed by atoms with Crippen molar-refractivity contribution in [1.29, 1.82) is 0 Å². The molecule has 0 spiro atoms. The fraction of sp³-hybridized carbons (Fsp3) is 0.676. The van der Waals surface area contributed by atoms with Gasteiger partial charge in [0.2, 0.25) is 53.2 Å². The van der Waals surface area contributed by atoms with Gasteiger partial charge in [0.25, 0.3) is 0 Å². The summed E-state index contributed by atoms with van der Waals surface area (Å²) in [6.45, 7) is 30.0. The lowest BCUT2D eigenvalue weighted by molar-refractivity contribution is -0.157. The Morgan fingerprint density at radius 2 is 1.01 bits per heavy atom. The average Bonchev–Trinajstić information content (AvgIpc) is 0.843. The molecule has 109 heavy (non-hydrogen) atoms. The van der Waals surface area contributed by atoms with Gasteiger partial charge in [-0.25, -0.2) is 9.59 Å². The van der Waals surface area contributed by atoms with E-state index in [1.165, 1.54) is 28.5 Å². The van der Waals surface area contributed by atoms with Crippen LogP contribution in [0.25, 0.3) is 0 Å². The number of ether oxygens (including phenoxy) is 7. The standard InChI is InChI=1S/C74H120N10O22S3/c1-20-44(3)58(66(94)77-49(68(96)97)31-36-107-99)83-63(91)51(37-46-25-23-22-24-26-46)78-62(90)52(39-57(87)105-73(14,15)16)79-64(92)53(40-85)80-67(95)59(45(4)103-71(8,9)10)84-65(93)54(41-102-70(5,6)7)81-61(89)50(38-47-27-29-48(30-28-47)104-72(11,12)13)76-56(86)42-101-35-34-100-33-32-75-60(88)55(43-109-108-21-2)82-69(98)106-74(17,18)19/h22-30,44-45,49-55,58-59,85,99H,20-21,31-43H2,1-19H3,(H,75,88)(H,76,86)(H,77,94)(H,78,90)(H,79,92)(H,80,95)(H,81,89)(H,82,98)(H,83,91)(H,84,93)(H,96,97)/t44?,45?,49-,50-,51-,52-,53-,54-,55-,58-,59-/m0/s1. The van der Waals surface area contributed by atoms with E-state index < -0.39 is 192 Å². The first-order chi connectivity index (χ1) is 50.7. The molecule has 616 valence electrons. The highest BCUT2D eigenvalue weighted by Crippen LogP contribution is 2.23. The van der Waals surface area contributed by atoms with Crippen molar-refractivity contribution >= 4 is 105 Å². The first-order valence-electron chi connectivity index (χ1n) is 36.2. The normalized spacial score (nSPS) is 15.0. The molecule has 2 aromatic rings. The van der Waals surface area contributed by atoms with Crippen molar-refractivity contribution in [3.63, 3.8) is 0 Å². The van der Waals surface area contributed by atoms with Crippen LogP contribution in [0.3, 0.4) is 0 Å². The van der Waals surface area contributed by atoms with Gasteiger partial charge in [-0.1, -0.05) is 91.2 Å². The van der Waals surface area contributed by atoms with Gasteiger partial charge in [0, 0.05) is 36.6 Å². The van der Waals surface area contributed by atoms with Crippen molar-refractivity contribution in [1.82, 2.24) is 53.2 Å². The third-order valence-corrected chi connectivity index (χ3v) is 17.9. The van der Waals surface area contributed by atoms with Crippen LogP contribution in [-0.2, 0) is 94.0 Å². The highest BCUT2D eigenvalue weighted by Gasteiger charge is 2.40. The quantitative estimate of drug-likeness (QED) is 0.0188. The van der Waals surface area contributed by atoms with Gasteiger partial charge in [-0.05, 0) is 158 Å². The van der Waals surface area contributed by atoms with Gasteiger partial charge in [-0.2, -0.15) is 0 Å². The van der Waals surface area contributed by atoms with Crippen molar-refractivity contribution in [3.8, 4) is 5.75 Å². The molecule has 0 bridgehead atoms. The molecule has 0 aliphatic rings. The lowest BCUT2D eigenvalue weighted by atomic mass is 9.96. The molecule has 0 saturated heterocycles. The minimum Gasteiger partial charge on any atom is -0.488 e. The second-order valence-electron chi connectivity index (χ2n) is 30.7. The lowest BCUT2D eigenvalue weighted by Crippen LogP contribution is -2.63. The summed E-state index contributed by atoms with van der Waals surface area (Å²) < 4.78 is 49.7. The van der Waals surface area contributed by atoms with E-state index in [0.29, 0.717) is 35.3 Å². The largest absolute Gasteiger partial charge is 0.488 e. The molecule has 13 N–H and O–H groups in total. The maximum absolute atomic E-state index is 14.9. The molecule has 0 fully saturated rings. The monoisotopic (exact) mass is 1600 g/mol. The number of amides is 10. The molecule has 10 amide bonds. The molecule has 0 heterocycles. The zero-order valence-corrected chi connectivity index (χ0v) is 68.9. The Balaban J connectivity index is 2.55. The van der Waals surface area contributed by atoms with Crippen LogP contribution in [0.2, 0.25) is 0 Å². The number of alkyl carbamates (subject to hydrolysis) is 1. The number of carboxylic acid groups (broad SMARTS) is 1. The minimum atomic E-state index is -1.95. The number of hydrogen-bond donors (Lipinski definition) is 13. The molecular formula is C74H120N10O22S3. The fourth-order valence-corrected chi connectivity index (χ4v) is 12.0. The van der Waals surface area contributed by atoms with E-state index in [-0.39, 0.29) is 57.1 Å². The zero-order chi connectivity index (χ0) is 82.6. The number of aliphatic carboxylic acids is 1. The van der Waals surface area contributed by atoms with Crippen LogP contribution in [-0.4, -0.2) is 238 Å². The van der Waals surface area contributed by atoms with Crippen LogP contribution in [0.4, 0.5) is 4.79 Å². The minimum absolute atomic E-state index is 0.00886. The van der Waals surface area contributed by atoms with Crippen molar-refractivity contribution in [2.45, 2.75) is 252 Å². The van der Waals surface area contributed by atoms with Crippen molar-refractivity contribution < 1.29 is 105 Å². The van der Waals surface area contributed by atoms with E-state index in [1.54, 1.807) is 152 Å². The Bertz CT molecular complexity index is 3230. The molecule has 32 nitrogen and oxygen atoms in total. The first kappa shape index (κ1) is 97.6. The van der Waals surface area contributed by atoms with Crippen LogP contribution in [0.5, 0.6) is 5.75 Å². The number of carbonyl (C=O) groups is 12. The molecule has 2 rings (SSSR count). The number of carboxylic acids is 1. The average molecular weight is 1600 g/mol. The summed E-state index contributed by atoms with van der Waals surface area (Å²) in [5.41, 5.74) is -3.32. The molecule has 0 aromatic heterocycles. The second-order valence-corrected chi connectivity index (χ2v) is 34.1. The van der Waals surface area contributed by atoms with E-state index in [4.69, 9.17) is 33.2 Å². The fourth-order valence-electron chi connectivity index (χ4n) is 9.84. The number of esters is 1. The van der Waals surface area contributed by atoms with Gasteiger partial charge >= 0.3 is 18.0 Å². The molecule has 0 aliphatic carbocycles. The van der Waals surface area contributed by atoms with Crippen LogP contribution >= 0.6 is 33.6 Å². The number of hydrogen-bond acceptors (Lipinski definition) is 24. The van der Waals surface area contributed by atoms with Gasteiger partial charge in [0.1, 0.15) is 83.5 Å². The summed E-state index contributed by atoms with van der Waals surface area (Å²) in [4.78, 5) is 167. The number of aliphatic hydroxyl groups excluding tert-OH is 1. The molecular weight excluding hydrogens is 1480 g/mol.